The zero-order chi connectivity index (χ0) is 16.2. The predicted octanol–water partition coefficient (Wildman–Crippen LogP) is 3.12. The van der Waals surface area contributed by atoms with E-state index in [-0.39, 0.29) is 0 Å². The standard InChI is InChI=1S/C18H21N5/c1-13-6-4-5-7-17(13)18-19-8-15(9-20-18)11-23(3)12-16-10-21-22-14(16)2/h4-10H,11-12H2,1-3H3,(H,21,22). The molecule has 5 nitrogen and oxygen atoms in total. The van der Waals surface area contributed by atoms with Gasteiger partial charge in [-0.2, -0.15) is 5.10 Å². The van der Waals surface area contributed by atoms with Crippen LogP contribution in [0.25, 0.3) is 11.4 Å². The molecule has 0 bridgehead atoms. The summed E-state index contributed by atoms with van der Waals surface area (Å²) in [6, 6.07) is 8.17. The van der Waals surface area contributed by atoms with Crippen LogP contribution in [-0.4, -0.2) is 32.1 Å². The molecule has 0 saturated heterocycles. The number of rotatable bonds is 5. The van der Waals surface area contributed by atoms with E-state index in [0.717, 1.165) is 35.7 Å². The monoisotopic (exact) mass is 307 g/mol. The second-order valence-corrected chi connectivity index (χ2v) is 5.92. The maximum atomic E-state index is 4.52. The molecule has 3 rings (SSSR count). The minimum absolute atomic E-state index is 0.778. The van der Waals surface area contributed by atoms with Gasteiger partial charge in [0.25, 0.3) is 0 Å². The highest BCUT2D eigenvalue weighted by Gasteiger charge is 2.08. The number of hydrogen-bond donors (Lipinski definition) is 1. The van der Waals surface area contributed by atoms with Crippen molar-refractivity contribution in [2.45, 2.75) is 26.9 Å². The van der Waals surface area contributed by atoms with Crippen molar-refractivity contribution < 1.29 is 0 Å². The molecule has 1 N–H and O–H groups in total. The Labute approximate surface area is 136 Å². The highest BCUT2D eigenvalue weighted by molar-refractivity contribution is 5.59. The van der Waals surface area contributed by atoms with E-state index in [1.54, 1.807) is 0 Å². The quantitative estimate of drug-likeness (QED) is 0.787. The second-order valence-electron chi connectivity index (χ2n) is 5.92. The Kier molecular flexibility index (Phi) is 4.48. The summed E-state index contributed by atoms with van der Waals surface area (Å²) in [5, 5.41) is 7.03. The van der Waals surface area contributed by atoms with Gasteiger partial charge in [-0.25, -0.2) is 9.97 Å². The smallest absolute Gasteiger partial charge is 0.159 e. The number of H-pyrrole nitrogens is 1. The van der Waals surface area contributed by atoms with Crippen LogP contribution in [0.15, 0.2) is 42.9 Å². The van der Waals surface area contributed by atoms with Crippen LogP contribution in [0.1, 0.15) is 22.4 Å². The predicted molar refractivity (Wildman–Crippen MR) is 90.7 cm³/mol. The molecule has 0 amide bonds. The first-order valence-electron chi connectivity index (χ1n) is 7.68. The van der Waals surface area contributed by atoms with Gasteiger partial charge < -0.3 is 0 Å². The lowest BCUT2D eigenvalue weighted by molar-refractivity contribution is 0.317. The number of nitrogens with one attached hydrogen (secondary N) is 1. The van der Waals surface area contributed by atoms with E-state index < -0.39 is 0 Å². The number of aromatic nitrogens is 4. The van der Waals surface area contributed by atoms with Gasteiger partial charge in [0.05, 0.1) is 6.20 Å². The molecule has 0 atom stereocenters. The van der Waals surface area contributed by atoms with Crippen molar-refractivity contribution in [3.05, 3.63) is 65.2 Å². The van der Waals surface area contributed by atoms with Crippen LogP contribution in [0.5, 0.6) is 0 Å². The van der Waals surface area contributed by atoms with Crippen molar-refractivity contribution in [1.29, 1.82) is 0 Å². The number of hydrogen-bond acceptors (Lipinski definition) is 4. The van der Waals surface area contributed by atoms with Crippen molar-refractivity contribution >= 4 is 0 Å². The van der Waals surface area contributed by atoms with Gasteiger partial charge in [-0.3, -0.25) is 10.00 Å². The summed E-state index contributed by atoms with van der Waals surface area (Å²) in [7, 11) is 2.09. The highest BCUT2D eigenvalue weighted by atomic mass is 15.1. The summed E-state index contributed by atoms with van der Waals surface area (Å²) >= 11 is 0. The number of nitrogens with zero attached hydrogens (tertiary/aromatic N) is 4. The molecule has 118 valence electrons. The van der Waals surface area contributed by atoms with Gasteiger partial charge in [-0.05, 0) is 26.5 Å². The van der Waals surface area contributed by atoms with Gasteiger partial charge in [0.1, 0.15) is 0 Å². The van der Waals surface area contributed by atoms with E-state index in [1.807, 2.05) is 37.6 Å². The molecule has 0 aliphatic heterocycles. The minimum atomic E-state index is 0.778. The molecule has 0 aliphatic rings. The van der Waals surface area contributed by atoms with Crippen molar-refractivity contribution in [3.8, 4) is 11.4 Å². The fourth-order valence-electron chi connectivity index (χ4n) is 2.59. The van der Waals surface area contributed by atoms with E-state index in [1.165, 1.54) is 11.1 Å². The Bertz CT molecular complexity index is 776. The number of aromatic amines is 1. The van der Waals surface area contributed by atoms with Crippen LogP contribution >= 0.6 is 0 Å². The lowest BCUT2D eigenvalue weighted by Crippen LogP contribution is -2.17. The lowest BCUT2D eigenvalue weighted by atomic mass is 10.1. The molecule has 0 saturated carbocycles. The Balaban J connectivity index is 1.68. The molecule has 2 heterocycles. The lowest BCUT2D eigenvalue weighted by Gasteiger charge is -2.16. The van der Waals surface area contributed by atoms with E-state index in [9.17, 15) is 0 Å². The largest absolute Gasteiger partial charge is 0.298 e. The molecule has 1 aromatic carbocycles. The molecule has 5 heteroatoms. The zero-order valence-electron chi connectivity index (χ0n) is 13.7. The third-order valence-corrected chi connectivity index (χ3v) is 3.92. The summed E-state index contributed by atoms with van der Waals surface area (Å²) in [4.78, 5) is 11.3. The fourth-order valence-corrected chi connectivity index (χ4v) is 2.59. The van der Waals surface area contributed by atoms with Gasteiger partial charge in [0.15, 0.2) is 5.82 Å². The Hall–Kier alpha value is -2.53. The Morgan fingerprint density at radius 1 is 1.00 bits per heavy atom. The van der Waals surface area contributed by atoms with Gasteiger partial charge in [-0.1, -0.05) is 24.3 Å². The molecular weight excluding hydrogens is 286 g/mol. The van der Waals surface area contributed by atoms with Crippen LogP contribution in [0.4, 0.5) is 0 Å². The molecule has 0 radical (unpaired) electrons. The summed E-state index contributed by atoms with van der Waals surface area (Å²) in [5.41, 5.74) is 5.70. The molecule has 2 aromatic heterocycles. The van der Waals surface area contributed by atoms with E-state index in [2.05, 4.69) is 51.2 Å². The maximum absolute atomic E-state index is 4.52. The molecule has 0 aliphatic carbocycles. The molecule has 23 heavy (non-hydrogen) atoms. The zero-order valence-corrected chi connectivity index (χ0v) is 13.7. The Morgan fingerprint density at radius 2 is 1.74 bits per heavy atom. The van der Waals surface area contributed by atoms with Crippen molar-refractivity contribution in [3.63, 3.8) is 0 Å². The first kappa shape index (κ1) is 15.4. The second kappa shape index (κ2) is 6.71. The van der Waals surface area contributed by atoms with Crippen molar-refractivity contribution in [1.82, 2.24) is 25.1 Å². The summed E-state index contributed by atoms with van der Waals surface area (Å²) in [6.45, 7) is 5.77. The maximum Gasteiger partial charge on any atom is 0.159 e. The van der Waals surface area contributed by atoms with Gasteiger partial charge in [0.2, 0.25) is 0 Å². The molecule has 0 spiro atoms. The molecule has 3 aromatic rings. The average molecular weight is 307 g/mol. The van der Waals surface area contributed by atoms with Crippen LogP contribution in [-0.2, 0) is 13.1 Å². The van der Waals surface area contributed by atoms with Crippen molar-refractivity contribution in [2.75, 3.05) is 7.05 Å². The third-order valence-electron chi connectivity index (χ3n) is 3.92. The van der Waals surface area contributed by atoms with Gasteiger partial charge in [0, 0.05) is 47.9 Å². The van der Waals surface area contributed by atoms with E-state index in [4.69, 9.17) is 0 Å². The number of benzene rings is 1. The molecule has 0 fully saturated rings. The van der Waals surface area contributed by atoms with Crippen LogP contribution < -0.4 is 0 Å². The van der Waals surface area contributed by atoms with Crippen LogP contribution in [0.2, 0.25) is 0 Å². The highest BCUT2D eigenvalue weighted by Crippen LogP contribution is 2.19. The Morgan fingerprint density at radius 3 is 2.39 bits per heavy atom. The summed E-state index contributed by atoms with van der Waals surface area (Å²) in [5.74, 6) is 0.778. The number of aryl methyl sites for hydroxylation is 2. The SMILES string of the molecule is Cc1ccccc1-c1ncc(CN(C)Cc2cn[nH]c2C)cn1. The van der Waals surface area contributed by atoms with E-state index >= 15 is 0 Å². The van der Waals surface area contributed by atoms with Gasteiger partial charge in [-0.15, -0.1) is 0 Å². The normalized spacial score (nSPS) is 11.1. The van der Waals surface area contributed by atoms with Crippen molar-refractivity contribution in [2.24, 2.45) is 0 Å². The first-order chi connectivity index (χ1) is 11.1. The van der Waals surface area contributed by atoms with Crippen LogP contribution in [0, 0.1) is 13.8 Å². The van der Waals surface area contributed by atoms with E-state index in [0.29, 0.717) is 0 Å². The summed E-state index contributed by atoms with van der Waals surface area (Å²) < 4.78 is 0. The molecular formula is C18H21N5. The topological polar surface area (TPSA) is 57.7 Å². The van der Waals surface area contributed by atoms with Gasteiger partial charge >= 0.3 is 0 Å². The molecule has 0 unspecified atom stereocenters. The van der Waals surface area contributed by atoms with Crippen LogP contribution in [0.3, 0.4) is 0 Å². The summed E-state index contributed by atoms with van der Waals surface area (Å²) in [6.07, 6.45) is 5.70. The third kappa shape index (κ3) is 3.63. The fraction of sp³-hybridized carbons (Fsp3) is 0.278. The first-order valence-corrected chi connectivity index (χ1v) is 7.68. The minimum Gasteiger partial charge on any atom is -0.298 e. The average Bonchev–Trinajstić information content (AvgIpc) is 2.94.